The minimum Gasteiger partial charge on any atom is -0.370 e. The molecule has 0 saturated carbocycles. The first-order valence-corrected chi connectivity index (χ1v) is 6.89. The fourth-order valence-corrected chi connectivity index (χ4v) is 2.28. The van der Waals surface area contributed by atoms with Gasteiger partial charge in [0.1, 0.15) is 11.9 Å². The summed E-state index contributed by atoms with van der Waals surface area (Å²) in [6.45, 7) is 6.51. The zero-order chi connectivity index (χ0) is 14.3. The first-order valence-electron chi connectivity index (χ1n) is 6.89. The summed E-state index contributed by atoms with van der Waals surface area (Å²) in [6, 6.07) is 6.45. The lowest BCUT2D eigenvalue weighted by Crippen LogP contribution is -2.36. The summed E-state index contributed by atoms with van der Waals surface area (Å²) in [6.07, 6.45) is 2.08. The number of hydrogen-bond acceptors (Lipinski definition) is 3. The van der Waals surface area contributed by atoms with E-state index in [1.807, 2.05) is 13.8 Å². The molecule has 0 aliphatic carbocycles. The van der Waals surface area contributed by atoms with Crippen LogP contribution >= 0.6 is 0 Å². The molecule has 104 valence electrons. The SMILES string of the molecule is CC.N#Cc1cc(F)ccc1N1CCC(CN)CC1. The van der Waals surface area contributed by atoms with Crippen molar-refractivity contribution < 1.29 is 4.39 Å². The molecular weight excluding hydrogens is 241 g/mol. The van der Waals surface area contributed by atoms with Crippen LogP contribution in [0.4, 0.5) is 10.1 Å². The quantitative estimate of drug-likeness (QED) is 0.892. The van der Waals surface area contributed by atoms with E-state index in [1.54, 1.807) is 6.07 Å². The molecule has 1 aliphatic rings. The third-order valence-electron chi connectivity index (χ3n) is 3.37. The van der Waals surface area contributed by atoms with Crippen molar-refractivity contribution in [2.75, 3.05) is 24.5 Å². The molecule has 2 rings (SSSR count). The first kappa shape index (κ1) is 15.5. The predicted octanol–water partition coefficient (Wildman–Crippen LogP) is 2.90. The van der Waals surface area contributed by atoms with Crippen LogP contribution in [-0.2, 0) is 0 Å². The molecule has 1 fully saturated rings. The zero-order valence-electron chi connectivity index (χ0n) is 11.7. The lowest BCUT2D eigenvalue weighted by Gasteiger charge is -2.33. The number of nitrogens with zero attached hydrogens (tertiary/aromatic N) is 2. The normalized spacial score (nSPS) is 15.4. The number of anilines is 1. The van der Waals surface area contributed by atoms with Crippen LogP contribution in [0.25, 0.3) is 0 Å². The summed E-state index contributed by atoms with van der Waals surface area (Å²) in [5.74, 6) is 0.222. The fourth-order valence-electron chi connectivity index (χ4n) is 2.28. The van der Waals surface area contributed by atoms with Gasteiger partial charge in [-0.2, -0.15) is 5.26 Å². The van der Waals surface area contributed by atoms with Crippen LogP contribution < -0.4 is 10.6 Å². The van der Waals surface area contributed by atoms with Gasteiger partial charge in [0.2, 0.25) is 0 Å². The molecule has 2 N–H and O–H groups in total. The molecule has 1 saturated heterocycles. The summed E-state index contributed by atoms with van der Waals surface area (Å²) in [7, 11) is 0. The first-order chi connectivity index (χ1) is 9.24. The lowest BCUT2D eigenvalue weighted by atomic mass is 9.96. The van der Waals surface area contributed by atoms with Crippen molar-refractivity contribution in [1.82, 2.24) is 0 Å². The molecule has 1 aliphatic heterocycles. The topological polar surface area (TPSA) is 53.0 Å². The van der Waals surface area contributed by atoms with Gasteiger partial charge in [-0.25, -0.2) is 4.39 Å². The Hall–Kier alpha value is -1.60. The Kier molecular flexibility index (Phi) is 6.31. The maximum atomic E-state index is 13.0. The highest BCUT2D eigenvalue weighted by molar-refractivity contribution is 5.59. The van der Waals surface area contributed by atoms with E-state index in [4.69, 9.17) is 11.0 Å². The van der Waals surface area contributed by atoms with Gasteiger partial charge in [-0.1, -0.05) is 13.8 Å². The average molecular weight is 263 g/mol. The molecule has 0 aromatic heterocycles. The summed E-state index contributed by atoms with van der Waals surface area (Å²) in [4.78, 5) is 2.14. The van der Waals surface area contributed by atoms with Gasteiger partial charge in [0, 0.05) is 13.1 Å². The van der Waals surface area contributed by atoms with Crippen LogP contribution in [0.5, 0.6) is 0 Å². The van der Waals surface area contributed by atoms with E-state index in [2.05, 4.69) is 11.0 Å². The monoisotopic (exact) mass is 263 g/mol. The minimum absolute atomic E-state index is 0.359. The zero-order valence-corrected chi connectivity index (χ0v) is 11.7. The lowest BCUT2D eigenvalue weighted by molar-refractivity contribution is 0.414. The third-order valence-corrected chi connectivity index (χ3v) is 3.37. The van der Waals surface area contributed by atoms with Crippen LogP contribution in [0.3, 0.4) is 0 Å². The molecule has 0 bridgehead atoms. The highest BCUT2D eigenvalue weighted by Gasteiger charge is 2.20. The van der Waals surface area contributed by atoms with Gasteiger partial charge in [0.05, 0.1) is 11.3 Å². The van der Waals surface area contributed by atoms with Crippen LogP contribution in [0.15, 0.2) is 18.2 Å². The maximum absolute atomic E-state index is 13.0. The Morgan fingerprint density at radius 1 is 1.37 bits per heavy atom. The molecule has 3 nitrogen and oxygen atoms in total. The number of nitriles is 1. The standard InChI is InChI=1S/C13H16FN3.C2H6/c14-12-1-2-13(11(7-12)9-16)17-5-3-10(8-15)4-6-17;1-2/h1-2,7,10H,3-6,8,15H2;1-2H3. The molecule has 0 amide bonds. The molecule has 1 heterocycles. The molecule has 4 heteroatoms. The Labute approximate surface area is 114 Å². The summed E-state index contributed by atoms with van der Waals surface area (Å²) >= 11 is 0. The average Bonchev–Trinajstić information content (AvgIpc) is 2.49. The van der Waals surface area contributed by atoms with Crippen molar-refractivity contribution in [2.24, 2.45) is 11.7 Å². The van der Waals surface area contributed by atoms with E-state index in [0.29, 0.717) is 11.5 Å². The Balaban J connectivity index is 0.000000861. The van der Waals surface area contributed by atoms with Crippen molar-refractivity contribution in [3.63, 3.8) is 0 Å². The van der Waals surface area contributed by atoms with Crippen molar-refractivity contribution in [3.8, 4) is 6.07 Å². The molecule has 0 spiro atoms. The van der Waals surface area contributed by atoms with Crippen LogP contribution in [0.1, 0.15) is 32.3 Å². The molecule has 19 heavy (non-hydrogen) atoms. The Morgan fingerprint density at radius 3 is 2.53 bits per heavy atom. The molecular formula is C15H22FN3. The molecule has 1 aromatic rings. The van der Waals surface area contributed by atoms with Gasteiger partial charge >= 0.3 is 0 Å². The van der Waals surface area contributed by atoms with Gasteiger partial charge in [0.25, 0.3) is 0 Å². The van der Waals surface area contributed by atoms with Crippen molar-refractivity contribution in [2.45, 2.75) is 26.7 Å². The number of halogens is 1. The van der Waals surface area contributed by atoms with Gasteiger partial charge in [0.15, 0.2) is 0 Å². The molecule has 0 radical (unpaired) electrons. The van der Waals surface area contributed by atoms with Crippen LogP contribution in [0, 0.1) is 23.1 Å². The summed E-state index contributed by atoms with van der Waals surface area (Å²) in [5.41, 5.74) is 6.89. The van der Waals surface area contributed by atoms with E-state index in [1.165, 1.54) is 12.1 Å². The second-order valence-electron chi connectivity index (χ2n) is 4.44. The van der Waals surface area contributed by atoms with Gasteiger partial charge in [-0.3, -0.25) is 0 Å². The maximum Gasteiger partial charge on any atom is 0.124 e. The van der Waals surface area contributed by atoms with E-state index in [0.717, 1.165) is 38.2 Å². The van der Waals surface area contributed by atoms with Crippen molar-refractivity contribution in [3.05, 3.63) is 29.6 Å². The second kappa shape index (κ2) is 7.75. The Morgan fingerprint density at radius 2 is 2.00 bits per heavy atom. The van der Waals surface area contributed by atoms with Gasteiger partial charge in [-0.15, -0.1) is 0 Å². The van der Waals surface area contributed by atoms with E-state index >= 15 is 0 Å². The number of benzene rings is 1. The number of rotatable bonds is 2. The minimum atomic E-state index is -0.359. The summed E-state index contributed by atoms with van der Waals surface area (Å²) < 4.78 is 13.0. The van der Waals surface area contributed by atoms with Crippen molar-refractivity contribution in [1.29, 1.82) is 5.26 Å². The number of nitrogens with two attached hydrogens (primary N) is 1. The molecule has 1 aromatic carbocycles. The molecule has 0 unspecified atom stereocenters. The largest absolute Gasteiger partial charge is 0.370 e. The van der Waals surface area contributed by atoms with Gasteiger partial charge in [-0.05, 0) is 43.5 Å². The van der Waals surface area contributed by atoms with Crippen LogP contribution in [-0.4, -0.2) is 19.6 Å². The van der Waals surface area contributed by atoms with E-state index < -0.39 is 0 Å². The van der Waals surface area contributed by atoms with Gasteiger partial charge < -0.3 is 10.6 Å². The second-order valence-corrected chi connectivity index (χ2v) is 4.44. The van der Waals surface area contributed by atoms with E-state index in [9.17, 15) is 4.39 Å². The van der Waals surface area contributed by atoms with Crippen LogP contribution in [0.2, 0.25) is 0 Å². The third kappa shape index (κ3) is 3.93. The smallest absolute Gasteiger partial charge is 0.124 e. The van der Waals surface area contributed by atoms with E-state index in [-0.39, 0.29) is 5.82 Å². The Bertz CT molecular complexity index is 432. The number of piperidine rings is 1. The fraction of sp³-hybridized carbons (Fsp3) is 0.533. The number of hydrogen-bond donors (Lipinski definition) is 1. The molecule has 0 atom stereocenters. The summed E-state index contributed by atoms with van der Waals surface area (Å²) in [5, 5.41) is 9.01. The van der Waals surface area contributed by atoms with Crippen molar-refractivity contribution >= 4 is 5.69 Å². The highest BCUT2D eigenvalue weighted by atomic mass is 19.1. The predicted molar refractivity (Wildman–Crippen MR) is 76.5 cm³/mol. The highest BCUT2D eigenvalue weighted by Crippen LogP contribution is 2.26.